The number of nitrogens with one attached hydrogen (secondary N) is 2. The van der Waals surface area contributed by atoms with Crippen LogP contribution in [0.4, 0.5) is 27.5 Å². The number of hydrogen-bond donors (Lipinski definition) is 2. The highest BCUT2D eigenvalue weighted by Gasteiger charge is 2.45. The number of carbonyl (C=O) groups excluding carboxylic acids is 3. The Hall–Kier alpha value is -4.33. The van der Waals surface area contributed by atoms with E-state index >= 15 is 0 Å². The molecule has 4 atom stereocenters. The van der Waals surface area contributed by atoms with E-state index in [0.29, 0.717) is 46.9 Å². The summed E-state index contributed by atoms with van der Waals surface area (Å²) in [6.07, 6.45) is 4.77. The Bertz CT molecular complexity index is 1390. The predicted octanol–water partition coefficient (Wildman–Crippen LogP) is 5.33. The van der Waals surface area contributed by atoms with E-state index in [1.54, 1.807) is 41.2 Å². The van der Waals surface area contributed by atoms with Crippen molar-refractivity contribution in [1.29, 1.82) is 0 Å². The Morgan fingerprint density at radius 1 is 0.897 bits per heavy atom. The summed E-state index contributed by atoms with van der Waals surface area (Å²) in [5, 5.41) is 5.43. The van der Waals surface area contributed by atoms with E-state index in [1.165, 1.54) is 19.3 Å². The third-order valence-electron chi connectivity index (χ3n) is 8.31. The normalized spacial score (nSPS) is 23.8. The third-order valence-corrected chi connectivity index (χ3v) is 8.31. The molecule has 2 fully saturated rings. The molecule has 2 aliphatic carbocycles. The molecule has 2 N–H and O–H groups in total. The number of nitrogens with zero attached hydrogens (tertiary/aromatic N) is 2. The van der Waals surface area contributed by atoms with Crippen LogP contribution < -0.4 is 25.2 Å². The average molecular weight is 525 g/mol. The van der Waals surface area contributed by atoms with Crippen LogP contribution in [-0.2, 0) is 9.59 Å². The van der Waals surface area contributed by atoms with Gasteiger partial charge in [-0.3, -0.25) is 14.5 Å². The molecule has 1 aliphatic heterocycles. The van der Waals surface area contributed by atoms with Gasteiger partial charge in [0.05, 0.1) is 18.5 Å². The van der Waals surface area contributed by atoms with Crippen LogP contribution in [0.25, 0.3) is 0 Å². The van der Waals surface area contributed by atoms with E-state index in [1.807, 2.05) is 54.6 Å². The van der Waals surface area contributed by atoms with Crippen molar-refractivity contribution in [2.75, 3.05) is 28.8 Å². The van der Waals surface area contributed by atoms with E-state index in [-0.39, 0.29) is 0 Å². The minimum absolute atomic E-state index is 0.380. The van der Waals surface area contributed by atoms with Crippen molar-refractivity contribution in [2.24, 2.45) is 17.8 Å². The number of rotatable bonds is 6. The van der Waals surface area contributed by atoms with Gasteiger partial charge in [0.2, 0.25) is 0 Å². The summed E-state index contributed by atoms with van der Waals surface area (Å²) in [5.74, 6) is 1.36. The van der Waals surface area contributed by atoms with Gasteiger partial charge in [-0.2, -0.15) is 0 Å². The molecular formula is C31H32N4O4. The fraction of sp³-hybridized carbons (Fsp3) is 0.323. The number of carbonyl (C=O) groups is 3. The highest BCUT2D eigenvalue weighted by Crippen LogP contribution is 2.49. The monoisotopic (exact) mass is 524 g/mol. The summed E-state index contributed by atoms with van der Waals surface area (Å²) in [6.45, 7) is 0.530. The van der Waals surface area contributed by atoms with Crippen LogP contribution in [0.3, 0.4) is 0 Å². The first kappa shape index (κ1) is 25.0. The zero-order valence-electron chi connectivity index (χ0n) is 21.9. The van der Waals surface area contributed by atoms with Crippen LogP contribution in [-0.4, -0.2) is 37.5 Å². The highest BCUT2D eigenvalue weighted by molar-refractivity contribution is 6.24. The van der Waals surface area contributed by atoms with Crippen molar-refractivity contribution < 1.29 is 19.1 Å². The van der Waals surface area contributed by atoms with Crippen LogP contribution in [0.1, 0.15) is 25.7 Å². The van der Waals surface area contributed by atoms with Gasteiger partial charge in [-0.05, 0) is 73.4 Å². The van der Waals surface area contributed by atoms with E-state index in [9.17, 15) is 14.4 Å². The van der Waals surface area contributed by atoms with Crippen molar-refractivity contribution in [3.63, 3.8) is 0 Å². The average Bonchev–Trinajstić information content (AvgIpc) is 3.57. The van der Waals surface area contributed by atoms with Crippen LogP contribution >= 0.6 is 0 Å². The molecule has 3 aromatic rings. The smallest absolute Gasteiger partial charge is 0.320 e. The maximum Gasteiger partial charge on any atom is 0.320 e. The number of benzene rings is 3. The molecule has 2 saturated carbocycles. The first-order valence-corrected chi connectivity index (χ1v) is 13.5. The van der Waals surface area contributed by atoms with Gasteiger partial charge in [0, 0.05) is 24.0 Å². The Labute approximate surface area is 227 Å². The predicted molar refractivity (Wildman–Crippen MR) is 150 cm³/mol. The molecule has 0 saturated heterocycles. The van der Waals surface area contributed by atoms with Crippen molar-refractivity contribution in [3.8, 4) is 5.75 Å². The number of fused-ring (bicyclic) bond motifs is 3. The van der Waals surface area contributed by atoms with Crippen LogP contribution in [0.2, 0.25) is 0 Å². The van der Waals surface area contributed by atoms with Gasteiger partial charge in [-0.25, -0.2) is 4.79 Å². The molecule has 0 aromatic heterocycles. The first-order chi connectivity index (χ1) is 19.0. The molecule has 8 heteroatoms. The van der Waals surface area contributed by atoms with Gasteiger partial charge in [-0.1, -0.05) is 42.8 Å². The Kier molecular flexibility index (Phi) is 6.69. The second-order valence-corrected chi connectivity index (χ2v) is 10.6. The topological polar surface area (TPSA) is 91.0 Å². The largest absolute Gasteiger partial charge is 0.497 e. The van der Waals surface area contributed by atoms with E-state index in [0.717, 1.165) is 12.3 Å². The number of ether oxygens (including phenoxy) is 1. The Balaban J connectivity index is 1.36. The third kappa shape index (κ3) is 4.82. The fourth-order valence-corrected chi connectivity index (χ4v) is 6.50. The maximum absolute atomic E-state index is 14.2. The van der Waals surface area contributed by atoms with Crippen molar-refractivity contribution >= 4 is 40.6 Å². The molecule has 8 nitrogen and oxygen atoms in total. The van der Waals surface area contributed by atoms with E-state index in [4.69, 9.17) is 4.74 Å². The minimum atomic E-state index is -1.40. The summed E-state index contributed by atoms with van der Waals surface area (Å²) in [5.41, 5.74) is 2.43. The van der Waals surface area contributed by atoms with Crippen molar-refractivity contribution in [1.82, 2.24) is 5.32 Å². The summed E-state index contributed by atoms with van der Waals surface area (Å²) in [7, 11) is 1.54. The summed E-state index contributed by atoms with van der Waals surface area (Å²) < 4.78 is 5.24. The van der Waals surface area contributed by atoms with Crippen LogP contribution in [0, 0.1) is 17.8 Å². The van der Waals surface area contributed by atoms with Gasteiger partial charge in [0.15, 0.2) is 6.04 Å². The second kappa shape index (κ2) is 10.4. The second-order valence-electron chi connectivity index (χ2n) is 10.6. The summed E-state index contributed by atoms with van der Waals surface area (Å²) in [6, 6.07) is 21.6. The zero-order valence-corrected chi connectivity index (χ0v) is 21.9. The number of methoxy groups -OCH3 is 1. The molecule has 3 aromatic carbocycles. The lowest BCUT2D eigenvalue weighted by Crippen LogP contribution is -2.56. The lowest BCUT2D eigenvalue weighted by molar-refractivity contribution is -0.128. The van der Waals surface area contributed by atoms with E-state index in [2.05, 4.69) is 10.6 Å². The molecule has 0 radical (unpaired) electrons. The first-order valence-electron chi connectivity index (χ1n) is 13.5. The number of hydrogen-bond acceptors (Lipinski definition) is 4. The number of anilines is 4. The molecular weight excluding hydrogens is 492 g/mol. The zero-order chi connectivity index (χ0) is 26.9. The SMILES string of the molecule is COc1cccc(NC(=O)NC2C(=O)N(CC3CC4CCC3C4)c3ccccc3N(c3ccccc3)C2=O)c1. The van der Waals surface area contributed by atoms with Gasteiger partial charge in [0.25, 0.3) is 11.8 Å². The van der Waals surface area contributed by atoms with Gasteiger partial charge in [-0.15, -0.1) is 0 Å². The number of urea groups is 1. The van der Waals surface area contributed by atoms with Crippen LogP contribution in [0.5, 0.6) is 5.75 Å². The van der Waals surface area contributed by atoms with Gasteiger partial charge >= 0.3 is 6.03 Å². The van der Waals surface area contributed by atoms with Crippen molar-refractivity contribution in [3.05, 3.63) is 78.9 Å². The molecule has 4 amide bonds. The van der Waals surface area contributed by atoms with Gasteiger partial charge < -0.3 is 20.3 Å². The lowest BCUT2D eigenvalue weighted by atomic mass is 9.88. The number of para-hydroxylation sites is 3. The molecule has 0 spiro atoms. The summed E-state index contributed by atoms with van der Waals surface area (Å²) >= 11 is 0. The van der Waals surface area contributed by atoms with Gasteiger partial charge in [0.1, 0.15) is 5.75 Å². The Morgan fingerprint density at radius 3 is 2.38 bits per heavy atom. The molecule has 2 bridgehead atoms. The molecule has 3 aliphatic rings. The highest BCUT2D eigenvalue weighted by atomic mass is 16.5. The molecule has 1 heterocycles. The Morgan fingerprint density at radius 2 is 1.67 bits per heavy atom. The quantitative estimate of drug-likeness (QED) is 0.426. The molecule has 39 heavy (non-hydrogen) atoms. The minimum Gasteiger partial charge on any atom is -0.497 e. The molecule has 4 unspecified atom stereocenters. The standard InChI is InChI=1S/C31H32N4O4/c1-39-25-11-7-8-23(18-25)32-31(38)33-28-29(36)34(19-22-17-20-14-15-21(22)16-20)26-12-5-6-13-27(26)35(30(28)37)24-9-3-2-4-10-24/h2-13,18,20-22,28H,14-17,19H2,1H3,(H2,32,33,38). The maximum atomic E-state index is 14.2. The lowest BCUT2D eigenvalue weighted by Gasteiger charge is -2.31. The number of amides is 4. The van der Waals surface area contributed by atoms with Crippen molar-refractivity contribution in [2.45, 2.75) is 31.7 Å². The van der Waals surface area contributed by atoms with E-state index < -0.39 is 23.9 Å². The molecule has 6 rings (SSSR count). The van der Waals surface area contributed by atoms with Crippen LogP contribution in [0.15, 0.2) is 78.9 Å². The fourth-order valence-electron chi connectivity index (χ4n) is 6.50. The molecule has 200 valence electrons. The summed E-state index contributed by atoms with van der Waals surface area (Å²) in [4.78, 5) is 44.8.